The highest BCUT2D eigenvalue weighted by Crippen LogP contribution is 2.22. The lowest BCUT2D eigenvalue weighted by Crippen LogP contribution is -2.49. The molecule has 1 aliphatic rings. The van der Waals surface area contributed by atoms with Crippen LogP contribution in [-0.2, 0) is 4.79 Å². The second kappa shape index (κ2) is 9.67. The van der Waals surface area contributed by atoms with Gasteiger partial charge in [-0.3, -0.25) is 4.79 Å². The maximum Gasteiger partial charge on any atom is 0.222 e. The Labute approximate surface area is 168 Å². The fraction of sp³-hybridized carbons (Fsp3) is 0.522. The summed E-state index contributed by atoms with van der Waals surface area (Å²) in [6.07, 6.45) is 5.28. The van der Waals surface area contributed by atoms with Gasteiger partial charge in [0.05, 0.1) is 0 Å². The Morgan fingerprint density at radius 3 is 2.50 bits per heavy atom. The summed E-state index contributed by atoms with van der Waals surface area (Å²) in [6.45, 7) is 9.49. The van der Waals surface area contributed by atoms with Gasteiger partial charge in [-0.1, -0.05) is 49.9 Å². The van der Waals surface area contributed by atoms with Crippen LogP contribution in [0.2, 0.25) is 0 Å². The summed E-state index contributed by atoms with van der Waals surface area (Å²) in [5, 5.41) is 0. The van der Waals surface area contributed by atoms with Crippen molar-refractivity contribution in [3.63, 3.8) is 0 Å². The van der Waals surface area contributed by atoms with Crippen molar-refractivity contribution in [3.8, 4) is 11.4 Å². The smallest absolute Gasteiger partial charge is 0.222 e. The van der Waals surface area contributed by atoms with E-state index >= 15 is 0 Å². The first-order chi connectivity index (χ1) is 13.6. The van der Waals surface area contributed by atoms with Crippen LogP contribution in [0.5, 0.6) is 0 Å². The van der Waals surface area contributed by atoms with E-state index in [9.17, 15) is 4.79 Å². The zero-order chi connectivity index (χ0) is 19.9. The largest absolute Gasteiger partial charge is 0.353 e. The maximum absolute atomic E-state index is 12.4. The molecule has 2 heterocycles. The third kappa shape index (κ3) is 5.31. The van der Waals surface area contributed by atoms with Crippen molar-refractivity contribution in [2.24, 2.45) is 0 Å². The van der Waals surface area contributed by atoms with Crippen LogP contribution in [0.1, 0.15) is 50.3 Å². The maximum atomic E-state index is 12.4. The first-order valence-electron chi connectivity index (χ1n) is 10.5. The Morgan fingerprint density at radius 2 is 1.79 bits per heavy atom. The minimum atomic E-state index is 0.301. The van der Waals surface area contributed by atoms with Crippen LogP contribution in [0.3, 0.4) is 0 Å². The number of piperazine rings is 1. The van der Waals surface area contributed by atoms with Crippen molar-refractivity contribution in [1.82, 2.24) is 14.9 Å². The number of aryl methyl sites for hydroxylation is 2. The van der Waals surface area contributed by atoms with Gasteiger partial charge in [0, 0.05) is 49.9 Å². The van der Waals surface area contributed by atoms with Crippen LogP contribution >= 0.6 is 0 Å². The van der Waals surface area contributed by atoms with Crippen LogP contribution in [-0.4, -0.2) is 47.0 Å². The van der Waals surface area contributed by atoms with E-state index in [1.165, 1.54) is 18.4 Å². The summed E-state index contributed by atoms with van der Waals surface area (Å²) in [5.41, 5.74) is 3.22. The van der Waals surface area contributed by atoms with Gasteiger partial charge in [-0.2, -0.15) is 0 Å². The van der Waals surface area contributed by atoms with Crippen LogP contribution in [0, 0.1) is 13.8 Å². The van der Waals surface area contributed by atoms with E-state index in [0.717, 1.165) is 61.9 Å². The minimum Gasteiger partial charge on any atom is -0.353 e. The van der Waals surface area contributed by atoms with E-state index in [0.29, 0.717) is 12.3 Å². The molecule has 0 saturated carbocycles. The average Bonchev–Trinajstić information content (AvgIpc) is 2.71. The number of anilines is 1. The van der Waals surface area contributed by atoms with Gasteiger partial charge in [0.2, 0.25) is 5.91 Å². The van der Waals surface area contributed by atoms with E-state index in [1.54, 1.807) is 0 Å². The zero-order valence-corrected chi connectivity index (χ0v) is 17.4. The first-order valence-corrected chi connectivity index (χ1v) is 10.5. The van der Waals surface area contributed by atoms with Crippen molar-refractivity contribution in [1.29, 1.82) is 0 Å². The predicted octanol–water partition coefficient (Wildman–Crippen LogP) is 4.38. The van der Waals surface area contributed by atoms with E-state index in [-0.39, 0.29) is 0 Å². The Balaban J connectivity index is 1.62. The lowest BCUT2D eigenvalue weighted by Gasteiger charge is -2.35. The highest BCUT2D eigenvalue weighted by atomic mass is 16.2. The summed E-state index contributed by atoms with van der Waals surface area (Å²) in [5.74, 6) is 2.03. The van der Waals surface area contributed by atoms with Gasteiger partial charge in [0.25, 0.3) is 0 Å². The number of unbranched alkanes of at least 4 members (excludes halogenated alkanes) is 3. The fourth-order valence-corrected chi connectivity index (χ4v) is 3.67. The van der Waals surface area contributed by atoms with Crippen LogP contribution in [0.15, 0.2) is 30.3 Å². The molecule has 150 valence electrons. The van der Waals surface area contributed by atoms with Gasteiger partial charge in [-0.25, -0.2) is 9.97 Å². The zero-order valence-electron chi connectivity index (χ0n) is 17.4. The molecule has 1 saturated heterocycles. The fourth-order valence-electron chi connectivity index (χ4n) is 3.67. The van der Waals surface area contributed by atoms with Crippen LogP contribution in [0.4, 0.5) is 5.82 Å². The summed E-state index contributed by atoms with van der Waals surface area (Å²) in [4.78, 5) is 26.1. The van der Waals surface area contributed by atoms with E-state index in [2.05, 4.69) is 41.9 Å². The predicted molar refractivity (Wildman–Crippen MR) is 114 cm³/mol. The SMILES string of the molecule is CCCCCCC(=O)N1CCN(c2cc(C)nc(-c3cccc(C)c3)n2)CC1. The van der Waals surface area contributed by atoms with Crippen molar-refractivity contribution in [2.75, 3.05) is 31.1 Å². The second-order valence-corrected chi connectivity index (χ2v) is 7.74. The molecule has 2 aromatic rings. The van der Waals surface area contributed by atoms with E-state index < -0.39 is 0 Å². The molecule has 0 bridgehead atoms. The number of carbonyl (C=O) groups is 1. The Morgan fingerprint density at radius 1 is 1.00 bits per heavy atom. The second-order valence-electron chi connectivity index (χ2n) is 7.74. The van der Waals surface area contributed by atoms with Gasteiger partial charge in [-0.05, 0) is 26.3 Å². The summed E-state index contributed by atoms with van der Waals surface area (Å²) in [7, 11) is 0. The van der Waals surface area contributed by atoms with Gasteiger partial charge >= 0.3 is 0 Å². The van der Waals surface area contributed by atoms with Gasteiger partial charge < -0.3 is 9.80 Å². The number of aromatic nitrogens is 2. The lowest BCUT2D eigenvalue weighted by molar-refractivity contribution is -0.131. The van der Waals surface area contributed by atoms with Crippen molar-refractivity contribution < 1.29 is 4.79 Å². The quantitative estimate of drug-likeness (QED) is 0.669. The molecule has 0 aliphatic carbocycles. The normalized spacial score (nSPS) is 14.4. The molecule has 0 spiro atoms. The third-order valence-corrected chi connectivity index (χ3v) is 5.32. The molecular weight excluding hydrogens is 348 g/mol. The molecule has 5 heteroatoms. The monoisotopic (exact) mass is 380 g/mol. The summed E-state index contributed by atoms with van der Waals surface area (Å²) < 4.78 is 0. The van der Waals surface area contributed by atoms with Gasteiger partial charge in [0.15, 0.2) is 5.82 Å². The van der Waals surface area contributed by atoms with Crippen molar-refractivity contribution >= 4 is 11.7 Å². The molecule has 0 atom stereocenters. The van der Waals surface area contributed by atoms with Gasteiger partial charge in [-0.15, -0.1) is 0 Å². The number of hydrogen-bond acceptors (Lipinski definition) is 4. The van der Waals surface area contributed by atoms with E-state index in [4.69, 9.17) is 4.98 Å². The highest BCUT2D eigenvalue weighted by molar-refractivity contribution is 5.76. The Bertz CT molecular complexity index is 797. The Hall–Kier alpha value is -2.43. The Kier molecular flexibility index (Phi) is 7.01. The van der Waals surface area contributed by atoms with Crippen molar-refractivity contribution in [2.45, 2.75) is 52.9 Å². The molecule has 3 rings (SSSR count). The molecule has 0 unspecified atom stereocenters. The standard InChI is InChI=1S/C23H32N4O/c1-4-5-6-7-11-22(28)27-14-12-26(13-15-27)21-17-19(3)24-23(25-21)20-10-8-9-18(2)16-20/h8-10,16-17H,4-7,11-15H2,1-3H3. The molecule has 0 N–H and O–H groups in total. The number of rotatable bonds is 7. The lowest BCUT2D eigenvalue weighted by atomic mass is 10.1. The molecule has 28 heavy (non-hydrogen) atoms. The number of benzene rings is 1. The molecule has 1 fully saturated rings. The molecule has 5 nitrogen and oxygen atoms in total. The number of carbonyl (C=O) groups excluding carboxylic acids is 1. The number of amides is 1. The van der Waals surface area contributed by atoms with E-state index in [1.807, 2.05) is 24.0 Å². The first kappa shape index (κ1) is 20.3. The third-order valence-electron chi connectivity index (χ3n) is 5.32. The summed E-state index contributed by atoms with van der Waals surface area (Å²) in [6, 6.07) is 10.3. The van der Waals surface area contributed by atoms with Gasteiger partial charge in [0.1, 0.15) is 5.82 Å². The van der Waals surface area contributed by atoms with Crippen LogP contribution in [0.25, 0.3) is 11.4 Å². The molecule has 1 amide bonds. The number of hydrogen-bond donors (Lipinski definition) is 0. The van der Waals surface area contributed by atoms with Crippen molar-refractivity contribution in [3.05, 3.63) is 41.6 Å². The molecule has 0 radical (unpaired) electrons. The van der Waals surface area contributed by atoms with Crippen LogP contribution < -0.4 is 4.90 Å². The molecule has 1 aromatic heterocycles. The molecule has 1 aromatic carbocycles. The summed E-state index contributed by atoms with van der Waals surface area (Å²) >= 11 is 0. The molecular formula is C23H32N4O. The topological polar surface area (TPSA) is 49.3 Å². The molecule has 1 aliphatic heterocycles. The number of nitrogens with zero attached hydrogens (tertiary/aromatic N) is 4. The highest BCUT2D eigenvalue weighted by Gasteiger charge is 2.22. The minimum absolute atomic E-state index is 0.301. The average molecular weight is 381 g/mol.